The minimum atomic E-state index is 0.158. The fourth-order valence-corrected chi connectivity index (χ4v) is 4.62. The normalized spacial score (nSPS) is 28.6. The molecule has 146 valence electrons. The molecule has 0 unspecified atom stereocenters. The van der Waals surface area contributed by atoms with Crippen molar-refractivity contribution in [2.45, 2.75) is 25.3 Å². The van der Waals surface area contributed by atoms with E-state index in [4.69, 9.17) is 0 Å². The fourth-order valence-electron chi connectivity index (χ4n) is 4.62. The predicted octanol–water partition coefficient (Wildman–Crippen LogP) is -0.0283. The number of hydrogen-bond donors (Lipinski definition) is 1. The van der Waals surface area contributed by atoms with Crippen molar-refractivity contribution in [1.29, 1.82) is 0 Å². The number of rotatable bonds is 4. The zero-order valence-electron chi connectivity index (χ0n) is 15.9. The number of hydrogen-bond acceptors (Lipinski definition) is 6. The van der Waals surface area contributed by atoms with Gasteiger partial charge in [0.15, 0.2) is 0 Å². The first-order valence-corrected chi connectivity index (χ1v) is 9.87. The van der Waals surface area contributed by atoms with Crippen LogP contribution in [0.4, 0.5) is 5.95 Å². The predicted molar refractivity (Wildman–Crippen MR) is 101 cm³/mol. The number of anilines is 1. The van der Waals surface area contributed by atoms with E-state index in [2.05, 4.69) is 25.1 Å². The smallest absolute Gasteiger partial charge is 0.236 e. The Kier molecular flexibility index (Phi) is 5.24. The van der Waals surface area contributed by atoms with Gasteiger partial charge in [0, 0.05) is 64.6 Å². The van der Waals surface area contributed by atoms with Gasteiger partial charge in [-0.15, -0.1) is 0 Å². The number of piperidine rings is 1. The van der Waals surface area contributed by atoms with Crippen LogP contribution in [-0.2, 0) is 9.59 Å². The molecule has 1 saturated carbocycles. The summed E-state index contributed by atoms with van der Waals surface area (Å²) in [5, 5.41) is 2.96. The third kappa shape index (κ3) is 4.05. The average molecular weight is 372 g/mol. The molecule has 1 aromatic heterocycles. The van der Waals surface area contributed by atoms with Gasteiger partial charge in [0.05, 0.1) is 6.54 Å². The van der Waals surface area contributed by atoms with Crippen molar-refractivity contribution in [3.8, 4) is 0 Å². The molecule has 2 aliphatic heterocycles. The van der Waals surface area contributed by atoms with Crippen LogP contribution >= 0.6 is 0 Å². The SMILES string of the molecule is CN(C(=O)CN1CCN(c2ncccn2)CC1)[C@H]1C[C@H]2CNC(=O)C[C@H]2C1. The van der Waals surface area contributed by atoms with E-state index in [-0.39, 0.29) is 17.9 Å². The maximum absolute atomic E-state index is 12.8. The van der Waals surface area contributed by atoms with E-state index in [1.165, 1.54) is 0 Å². The molecule has 3 heterocycles. The second-order valence-corrected chi connectivity index (χ2v) is 7.97. The number of piperazine rings is 1. The highest BCUT2D eigenvalue weighted by atomic mass is 16.2. The van der Waals surface area contributed by atoms with Gasteiger partial charge in [0.25, 0.3) is 0 Å². The summed E-state index contributed by atoms with van der Waals surface area (Å²) in [6, 6.07) is 2.08. The lowest BCUT2D eigenvalue weighted by atomic mass is 9.89. The fraction of sp³-hybridized carbons (Fsp3) is 0.684. The number of likely N-dealkylation sites (N-methyl/N-ethyl adjacent to an activating group) is 1. The van der Waals surface area contributed by atoms with Crippen LogP contribution in [0.1, 0.15) is 19.3 Å². The molecular formula is C19H28N6O2. The second kappa shape index (κ2) is 7.80. The Morgan fingerprint density at radius 1 is 1.19 bits per heavy atom. The third-order valence-corrected chi connectivity index (χ3v) is 6.33. The number of nitrogens with zero attached hydrogens (tertiary/aromatic N) is 5. The zero-order chi connectivity index (χ0) is 18.8. The number of fused-ring (bicyclic) bond motifs is 1. The van der Waals surface area contributed by atoms with Crippen molar-refractivity contribution in [2.75, 3.05) is 51.2 Å². The quantitative estimate of drug-likeness (QED) is 0.800. The topological polar surface area (TPSA) is 81.7 Å². The summed E-state index contributed by atoms with van der Waals surface area (Å²) in [5.41, 5.74) is 0. The first kappa shape index (κ1) is 18.2. The monoisotopic (exact) mass is 372 g/mol. The molecule has 3 fully saturated rings. The van der Waals surface area contributed by atoms with Crippen molar-refractivity contribution in [1.82, 2.24) is 25.1 Å². The largest absolute Gasteiger partial charge is 0.356 e. The van der Waals surface area contributed by atoms with Crippen LogP contribution in [-0.4, -0.2) is 83.9 Å². The highest BCUT2D eigenvalue weighted by Gasteiger charge is 2.40. The lowest BCUT2D eigenvalue weighted by molar-refractivity contribution is -0.133. The molecule has 2 saturated heterocycles. The summed E-state index contributed by atoms with van der Waals surface area (Å²) < 4.78 is 0. The van der Waals surface area contributed by atoms with Crippen LogP contribution in [0.5, 0.6) is 0 Å². The highest BCUT2D eigenvalue weighted by molar-refractivity contribution is 5.79. The van der Waals surface area contributed by atoms with E-state index < -0.39 is 0 Å². The number of carbonyl (C=O) groups is 2. The summed E-state index contributed by atoms with van der Waals surface area (Å²) in [4.78, 5) is 39.3. The van der Waals surface area contributed by atoms with Crippen molar-refractivity contribution >= 4 is 17.8 Å². The standard InChI is InChI=1S/C19H28N6O2/c1-23(16-9-14-11-17(26)22-12-15(14)10-16)18(27)13-24-5-7-25(8-6-24)19-20-3-2-4-21-19/h2-4,14-16H,5-13H2,1H3,(H,22,26)/t14-,15+,16-/m1/s1. The first-order valence-electron chi connectivity index (χ1n) is 9.87. The first-order chi connectivity index (χ1) is 13.1. The highest BCUT2D eigenvalue weighted by Crippen LogP contribution is 2.38. The summed E-state index contributed by atoms with van der Waals surface area (Å²) in [6.07, 6.45) is 6.10. The van der Waals surface area contributed by atoms with E-state index in [1.807, 2.05) is 18.0 Å². The molecule has 27 heavy (non-hydrogen) atoms. The Morgan fingerprint density at radius 2 is 1.89 bits per heavy atom. The lowest BCUT2D eigenvalue weighted by Gasteiger charge is -2.35. The molecule has 0 radical (unpaired) electrons. The summed E-state index contributed by atoms with van der Waals surface area (Å²) in [6.45, 7) is 4.58. The van der Waals surface area contributed by atoms with Gasteiger partial charge in [0.1, 0.15) is 0 Å². The average Bonchev–Trinajstić information content (AvgIpc) is 3.11. The van der Waals surface area contributed by atoms with Crippen LogP contribution in [0, 0.1) is 11.8 Å². The Hall–Kier alpha value is -2.22. The Morgan fingerprint density at radius 3 is 2.63 bits per heavy atom. The van der Waals surface area contributed by atoms with Gasteiger partial charge in [-0.3, -0.25) is 14.5 Å². The molecule has 1 aliphatic carbocycles. The number of carbonyl (C=O) groups excluding carboxylic acids is 2. The van der Waals surface area contributed by atoms with Gasteiger partial charge in [-0.2, -0.15) is 0 Å². The van der Waals surface area contributed by atoms with Gasteiger partial charge in [0.2, 0.25) is 17.8 Å². The van der Waals surface area contributed by atoms with Crippen LogP contribution in [0.15, 0.2) is 18.5 Å². The van der Waals surface area contributed by atoms with Crippen LogP contribution < -0.4 is 10.2 Å². The maximum atomic E-state index is 12.8. The molecule has 3 aliphatic rings. The molecule has 3 atom stereocenters. The van der Waals surface area contributed by atoms with Crippen LogP contribution in [0.3, 0.4) is 0 Å². The summed E-state index contributed by atoms with van der Waals surface area (Å²) >= 11 is 0. The Balaban J connectivity index is 1.25. The third-order valence-electron chi connectivity index (χ3n) is 6.33. The van der Waals surface area contributed by atoms with Gasteiger partial charge in [-0.25, -0.2) is 9.97 Å². The van der Waals surface area contributed by atoms with Crippen molar-refractivity contribution in [3.05, 3.63) is 18.5 Å². The van der Waals surface area contributed by atoms with Gasteiger partial charge < -0.3 is 15.1 Å². The van der Waals surface area contributed by atoms with Crippen LogP contribution in [0.2, 0.25) is 0 Å². The van der Waals surface area contributed by atoms with Crippen molar-refractivity contribution in [3.63, 3.8) is 0 Å². The molecule has 8 nitrogen and oxygen atoms in total. The summed E-state index contributed by atoms with van der Waals surface area (Å²) in [5.74, 6) is 2.07. The molecule has 2 amide bonds. The van der Waals surface area contributed by atoms with Crippen LogP contribution in [0.25, 0.3) is 0 Å². The number of amides is 2. The van der Waals surface area contributed by atoms with E-state index in [0.29, 0.717) is 24.8 Å². The number of aromatic nitrogens is 2. The molecule has 0 aromatic carbocycles. The Labute approximate surface area is 159 Å². The summed E-state index contributed by atoms with van der Waals surface area (Å²) in [7, 11) is 1.92. The Bertz CT molecular complexity index is 676. The molecule has 8 heteroatoms. The van der Waals surface area contributed by atoms with Crippen molar-refractivity contribution in [2.24, 2.45) is 11.8 Å². The second-order valence-electron chi connectivity index (χ2n) is 7.97. The van der Waals surface area contributed by atoms with Gasteiger partial charge in [-0.1, -0.05) is 0 Å². The van der Waals surface area contributed by atoms with E-state index >= 15 is 0 Å². The minimum Gasteiger partial charge on any atom is -0.356 e. The zero-order valence-corrected chi connectivity index (χ0v) is 15.9. The van der Waals surface area contributed by atoms with E-state index in [9.17, 15) is 9.59 Å². The molecule has 0 bridgehead atoms. The van der Waals surface area contributed by atoms with E-state index in [1.54, 1.807) is 12.4 Å². The molecular weight excluding hydrogens is 344 g/mol. The number of nitrogens with one attached hydrogen (secondary N) is 1. The molecule has 1 aromatic rings. The minimum absolute atomic E-state index is 0.158. The molecule has 1 N–H and O–H groups in total. The molecule has 4 rings (SSSR count). The molecule has 0 spiro atoms. The lowest BCUT2D eigenvalue weighted by Crippen LogP contribution is -2.51. The van der Waals surface area contributed by atoms with E-state index in [0.717, 1.165) is 51.5 Å². The van der Waals surface area contributed by atoms with Gasteiger partial charge in [-0.05, 0) is 30.7 Å². The van der Waals surface area contributed by atoms with Gasteiger partial charge >= 0.3 is 0 Å². The van der Waals surface area contributed by atoms with Crippen molar-refractivity contribution < 1.29 is 9.59 Å². The maximum Gasteiger partial charge on any atom is 0.236 e.